The fourth-order valence-corrected chi connectivity index (χ4v) is 10.3. The van der Waals surface area contributed by atoms with E-state index in [4.69, 9.17) is 4.74 Å². The van der Waals surface area contributed by atoms with Crippen LogP contribution in [0.3, 0.4) is 0 Å². The SMILES string of the molecule is CCCCCCCCCCCCCCCCCCCCCCCC(O)C(CO)NC(=O)CCCCCCCCCCCCCCCCCCCCOC(=O)CCCCCCCCCCCCCCC. The summed E-state index contributed by atoms with van der Waals surface area (Å²) in [7, 11) is 0. The zero-order valence-corrected chi connectivity index (χ0v) is 47.1. The molecule has 0 rings (SSSR count). The number of nitrogens with one attached hydrogen (secondary N) is 1. The van der Waals surface area contributed by atoms with Crippen LogP contribution in [0.4, 0.5) is 0 Å². The van der Waals surface area contributed by atoms with Gasteiger partial charge in [0.1, 0.15) is 0 Å². The molecule has 0 bridgehead atoms. The summed E-state index contributed by atoms with van der Waals surface area (Å²) in [6, 6.07) is -0.544. The third kappa shape index (κ3) is 56.0. The van der Waals surface area contributed by atoms with Crippen molar-refractivity contribution in [2.24, 2.45) is 0 Å². The lowest BCUT2D eigenvalue weighted by Gasteiger charge is -2.22. The zero-order chi connectivity index (χ0) is 50.0. The monoisotopic (exact) mass is 976 g/mol. The third-order valence-electron chi connectivity index (χ3n) is 15.2. The van der Waals surface area contributed by atoms with Gasteiger partial charge in [-0.15, -0.1) is 0 Å². The number of hydrogen-bond donors (Lipinski definition) is 3. The standard InChI is InChI=1S/C63H125NO5/c1-3-5-7-9-11-13-15-17-18-19-20-21-22-25-28-32-35-39-43-47-51-55-61(66)60(59-65)64-62(67)56-52-48-44-40-36-33-29-26-23-24-27-30-34-38-42-46-50-54-58-69-63(68)57-53-49-45-41-37-31-16-14-12-10-8-6-4-2/h60-61,65-66H,3-59H2,1-2H3,(H,64,67). The number of carbonyl (C=O) groups excluding carboxylic acids is 2. The van der Waals surface area contributed by atoms with Gasteiger partial charge in [0.05, 0.1) is 25.4 Å². The highest BCUT2D eigenvalue weighted by atomic mass is 16.5. The molecule has 6 heteroatoms. The second kappa shape index (κ2) is 59.4. The Hall–Kier alpha value is -1.14. The maximum atomic E-state index is 12.5. The van der Waals surface area contributed by atoms with Gasteiger partial charge in [0, 0.05) is 12.8 Å². The number of hydrogen-bond acceptors (Lipinski definition) is 5. The largest absolute Gasteiger partial charge is 0.466 e. The van der Waals surface area contributed by atoms with E-state index < -0.39 is 12.1 Å². The molecule has 0 fully saturated rings. The first-order valence-corrected chi connectivity index (χ1v) is 31.8. The summed E-state index contributed by atoms with van der Waals surface area (Å²) < 4.78 is 5.48. The molecule has 0 aromatic heterocycles. The molecular formula is C63H125NO5. The summed E-state index contributed by atoms with van der Waals surface area (Å²) in [5, 5.41) is 23.4. The van der Waals surface area contributed by atoms with E-state index in [0.29, 0.717) is 25.9 Å². The van der Waals surface area contributed by atoms with Crippen molar-refractivity contribution in [1.29, 1.82) is 0 Å². The highest BCUT2D eigenvalue weighted by molar-refractivity contribution is 5.76. The van der Waals surface area contributed by atoms with E-state index in [1.165, 1.54) is 295 Å². The number of ether oxygens (including phenoxy) is 1. The number of carbonyl (C=O) groups is 2. The van der Waals surface area contributed by atoms with Gasteiger partial charge >= 0.3 is 5.97 Å². The quantitative estimate of drug-likeness (QED) is 0.0417. The molecule has 1 amide bonds. The molecule has 0 radical (unpaired) electrons. The summed E-state index contributed by atoms with van der Waals surface area (Å²) in [4.78, 5) is 24.6. The van der Waals surface area contributed by atoms with Crippen molar-refractivity contribution in [1.82, 2.24) is 5.32 Å². The molecule has 6 nitrogen and oxygen atoms in total. The Morgan fingerprint density at radius 2 is 0.594 bits per heavy atom. The minimum absolute atomic E-state index is 0.0102. The Bertz CT molecular complexity index is 990. The number of rotatable bonds is 60. The molecule has 0 aliphatic rings. The Morgan fingerprint density at radius 1 is 0.348 bits per heavy atom. The van der Waals surface area contributed by atoms with Crippen molar-refractivity contribution < 1.29 is 24.5 Å². The number of esters is 1. The molecule has 412 valence electrons. The molecule has 0 heterocycles. The Morgan fingerprint density at radius 3 is 0.884 bits per heavy atom. The average molecular weight is 977 g/mol. The molecule has 0 saturated carbocycles. The number of aliphatic hydroxyl groups is 2. The van der Waals surface area contributed by atoms with E-state index >= 15 is 0 Å². The summed E-state index contributed by atoms with van der Waals surface area (Å²) >= 11 is 0. The minimum atomic E-state index is -0.667. The summed E-state index contributed by atoms with van der Waals surface area (Å²) in [6.07, 6.45) is 69.7. The first-order chi connectivity index (χ1) is 34.0. The highest BCUT2D eigenvalue weighted by Gasteiger charge is 2.20. The number of aliphatic hydroxyl groups excluding tert-OH is 2. The van der Waals surface area contributed by atoms with Crippen LogP contribution in [0.1, 0.15) is 367 Å². The topological polar surface area (TPSA) is 95.9 Å². The van der Waals surface area contributed by atoms with Crippen molar-refractivity contribution in [3.63, 3.8) is 0 Å². The number of unbranched alkanes of at least 4 members (excludes halogenated alkanes) is 49. The van der Waals surface area contributed by atoms with E-state index in [1.54, 1.807) is 0 Å². The maximum absolute atomic E-state index is 12.5. The first-order valence-electron chi connectivity index (χ1n) is 31.8. The predicted octanol–water partition coefficient (Wildman–Crippen LogP) is 19.9. The van der Waals surface area contributed by atoms with Gasteiger partial charge in [-0.05, 0) is 25.7 Å². The van der Waals surface area contributed by atoms with Crippen molar-refractivity contribution in [3.05, 3.63) is 0 Å². The number of amides is 1. The predicted molar refractivity (Wildman–Crippen MR) is 301 cm³/mol. The van der Waals surface area contributed by atoms with Crippen LogP contribution < -0.4 is 5.32 Å². The van der Waals surface area contributed by atoms with Crippen molar-refractivity contribution >= 4 is 11.9 Å². The molecule has 3 N–H and O–H groups in total. The van der Waals surface area contributed by atoms with Crippen LogP contribution >= 0.6 is 0 Å². The van der Waals surface area contributed by atoms with Crippen LogP contribution in [0.2, 0.25) is 0 Å². The van der Waals surface area contributed by atoms with E-state index in [0.717, 1.165) is 38.5 Å². The van der Waals surface area contributed by atoms with Crippen LogP contribution in [-0.4, -0.2) is 47.4 Å². The summed E-state index contributed by atoms with van der Waals surface area (Å²) in [5.41, 5.74) is 0. The summed E-state index contributed by atoms with van der Waals surface area (Å²) in [6.45, 7) is 4.98. The average Bonchev–Trinajstić information content (AvgIpc) is 3.35. The molecule has 0 aromatic carbocycles. The second-order valence-electron chi connectivity index (χ2n) is 22.1. The minimum Gasteiger partial charge on any atom is -0.466 e. The Kier molecular flexibility index (Phi) is 58.4. The van der Waals surface area contributed by atoms with Gasteiger partial charge in [0.2, 0.25) is 5.91 Å². The lowest BCUT2D eigenvalue weighted by Crippen LogP contribution is -2.45. The van der Waals surface area contributed by atoms with Gasteiger partial charge in [-0.3, -0.25) is 9.59 Å². The molecule has 0 saturated heterocycles. The van der Waals surface area contributed by atoms with Crippen molar-refractivity contribution in [3.8, 4) is 0 Å². The van der Waals surface area contributed by atoms with Crippen molar-refractivity contribution in [2.75, 3.05) is 13.2 Å². The highest BCUT2D eigenvalue weighted by Crippen LogP contribution is 2.19. The van der Waals surface area contributed by atoms with Gasteiger partial charge in [0.15, 0.2) is 0 Å². The van der Waals surface area contributed by atoms with Gasteiger partial charge < -0.3 is 20.3 Å². The molecule has 69 heavy (non-hydrogen) atoms. The van der Waals surface area contributed by atoms with Crippen LogP contribution in [0.25, 0.3) is 0 Å². The van der Waals surface area contributed by atoms with E-state index in [9.17, 15) is 19.8 Å². The van der Waals surface area contributed by atoms with E-state index in [1.807, 2.05) is 0 Å². The molecule has 2 unspecified atom stereocenters. The Balaban J connectivity index is 3.39. The lowest BCUT2D eigenvalue weighted by molar-refractivity contribution is -0.143. The molecule has 0 aliphatic heterocycles. The van der Waals surface area contributed by atoms with Crippen LogP contribution in [0.15, 0.2) is 0 Å². The second-order valence-corrected chi connectivity index (χ2v) is 22.1. The lowest BCUT2D eigenvalue weighted by atomic mass is 10.0. The molecule has 0 spiro atoms. The van der Waals surface area contributed by atoms with Crippen LogP contribution in [-0.2, 0) is 14.3 Å². The zero-order valence-electron chi connectivity index (χ0n) is 47.1. The molecule has 0 aromatic rings. The van der Waals surface area contributed by atoms with Gasteiger partial charge in [-0.2, -0.15) is 0 Å². The van der Waals surface area contributed by atoms with E-state index in [2.05, 4.69) is 19.2 Å². The van der Waals surface area contributed by atoms with Crippen LogP contribution in [0, 0.1) is 0 Å². The molecule has 0 aliphatic carbocycles. The fourth-order valence-electron chi connectivity index (χ4n) is 10.3. The van der Waals surface area contributed by atoms with Gasteiger partial charge in [-0.1, -0.05) is 328 Å². The fraction of sp³-hybridized carbons (Fsp3) is 0.968. The molecular weight excluding hydrogens is 851 g/mol. The third-order valence-corrected chi connectivity index (χ3v) is 15.2. The maximum Gasteiger partial charge on any atom is 0.305 e. The normalized spacial score (nSPS) is 12.5. The van der Waals surface area contributed by atoms with Gasteiger partial charge in [0.25, 0.3) is 0 Å². The van der Waals surface area contributed by atoms with Crippen molar-refractivity contribution in [2.45, 2.75) is 379 Å². The smallest absolute Gasteiger partial charge is 0.305 e. The summed E-state index contributed by atoms with van der Waals surface area (Å²) in [5.74, 6) is -0.0239. The Labute approximate surface area is 432 Å². The van der Waals surface area contributed by atoms with E-state index in [-0.39, 0.29) is 18.5 Å². The van der Waals surface area contributed by atoms with Crippen LogP contribution in [0.5, 0.6) is 0 Å². The first kappa shape index (κ1) is 67.9. The molecule has 2 atom stereocenters. The van der Waals surface area contributed by atoms with Gasteiger partial charge in [-0.25, -0.2) is 0 Å².